The Morgan fingerprint density at radius 1 is 0.577 bits per heavy atom. The molecule has 2 aromatic heterocycles. The van der Waals surface area contributed by atoms with E-state index in [9.17, 15) is 0 Å². The average Bonchev–Trinajstić information content (AvgIpc) is 3.19. The Kier molecular flexibility index (Phi) is 2.60. The van der Waals surface area contributed by atoms with Crippen LogP contribution in [-0.2, 0) is 0 Å². The van der Waals surface area contributed by atoms with Crippen molar-refractivity contribution in [1.82, 2.24) is 4.40 Å². The molecule has 0 radical (unpaired) electrons. The van der Waals surface area contributed by atoms with Gasteiger partial charge in [-0.1, -0.05) is 60.7 Å². The number of hydrogen-bond acceptors (Lipinski definition) is 0. The molecule has 1 nitrogen and oxygen atoms in total. The Bertz CT molecular complexity index is 1350. The lowest BCUT2D eigenvalue weighted by Crippen LogP contribution is -1.83. The molecule has 4 aromatic carbocycles. The Morgan fingerprint density at radius 2 is 1.12 bits per heavy atom. The van der Waals surface area contributed by atoms with E-state index in [0.717, 1.165) is 0 Å². The van der Waals surface area contributed by atoms with Crippen molar-refractivity contribution in [2.24, 2.45) is 0 Å². The van der Waals surface area contributed by atoms with Gasteiger partial charge >= 0.3 is 0 Å². The molecule has 0 fully saturated rings. The largest absolute Gasteiger partial charge is 0.308 e. The van der Waals surface area contributed by atoms with E-state index in [1.165, 1.54) is 54.8 Å². The first-order valence-corrected chi connectivity index (χ1v) is 9.06. The van der Waals surface area contributed by atoms with Crippen LogP contribution in [0.25, 0.3) is 49.2 Å². The SMILES string of the molecule is Cc1ccccc1-c1cc2c3ccccc3n3c4ccccc4c(c1)c23. The van der Waals surface area contributed by atoms with E-state index in [1.54, 1.807) is 0 Å². The Morgan fingerprint density at radius 3 is 1.73 bits per heavy atom. The summed E-state index contributed by atoms with van der Waals surface area (Å²) in [6, 6.07) is 30.9. The van der Waals surface area contributed by atoms with Crippen LogP contribution >= 0.6 is 0 Å². The molecule has 2 heterocycles. The fourth-order valence-corrected chi connectivity index (χ4v) is 4.50. The van der Waals surface area contributed by atoms with Gasteiger partial charge in [-0.3, -0.25) is 0 Å². The van der Waals surface area contributed by atoms with Gasteiger partial charge in [0.15, 0.2) is 0 Å². The summed E-state index contributed by atoms with van der Waals surface area (Å²) in [5, 5.41) is 5.34. The van der Waals surface area contributed by atoms with Crippen LogP contribution in [0, 0.1) is 6.92 Å². The zero-order chi connectivity index (χ0) is 17.3. The van der Waals surface area contributed by atoms with Crippen molar-refractivity contribution in [3.8, 4) is 11.1 Å². The number of aryl methyl sites for hydroxylation is 1. The Balaban J connectivity index is 1.91. The highest BCUT2D eigenvalue weighted by molar-refractivity contribution is 6.24. The maximum atomic E-state index is 2.43. The lowest BCUT2D eigenvalue weighted by molar-refractivity contribution is 1.37. The second kappa shape index (κ2) is 4.86. The van der Waals surface area contributed by atoms with Crippen LogP contribution in [0.15, 0.2) is 84.9 Å². The first kappa shape index (κ1) is 13.9. The number of aromatic nitrogens is 1. The standard InChI is InChI=1S/C25H17N/c1-16-8-2-3-9-18(16)17-14-21-19-10-4-6-12-23(19)26-24-13-7-5-11-20(24)22(15-17)25(21)26/h2-15H,1H3. The molecule has 0 unspecified atom stereocenters. The maximum absolute atomic E-state index is 2.43. The van der Waals surface area contributed by atoms with Crippen LogP contribution in [0.2, 0.25) is 0 Å². The van der Waals surface area contributed by atoms with E-state index in [4.69, 9.17) is 0 Å². The Hall–Kier alpha value is -3.32. The summed E-state index contributed by atoms with van der Waals surface area (Å²) in [7, 11) is 0. The quantitative estimate of drug-likeness (QED) is 0.312. The molecule has 0 amide bonds. The number of fused-ring (bicyclic) bond motifs is 6. The van der Waals surface area contributed by atoms with Crippen molar-refractivity contribution in [3.63, 3.8) is 0 Å². The normalized spacial score (nSPS) is 12.0. The number of benzene rings is 4. The highest BCUT2D eigenvalue weighted by Crippen LogP contribution is 2.41. The van der Waals surface area contributed by atoms with Gasteiger partial charge in [0.25, 0.3) is 0 Å². The van der Waals surface area contributed by atoms with E-state index in [2.05, 4.69) is 96.3 Å². The van der Waals surface area contributed by atoms with Gasteiger partial charge in [0.2, 0.25) is 0 Å². The van der Waals surface area contributed by atoms with Gasteiger partial charge in [-0.25, -0.2) is 0 Å². The summed E-state index contributed by atoms with van der Waals surface area (Å²) >= 11 is 0. The minimum absolute atomic E-state index is 1.29. The van der Waals surface area contributed by atoms with Gasteiger partial charge in [0, 0.05) is 21.5 Å². The monoisotopic (exact) mass is 331 g/mol. The summed E-state index contributed by atoms with van der Waals surface area (Å²) in [4.78, 5) is 0. The van der Waals surface area contributed by atoms with Crippen molar-refractivity contribution >= 4 is 38.1 Å². The smallest absolute Gasteiger partial charge is 0.0620 e. The van der Waals surface area contributed by atoms with Gasteiger partial charge in [-0.15, -0.1) is 0 Å². The molecular weight excluding hydrogens is 314 g/mol. The van der Waals surface area contributed by atoms with Crippen molar-refractivity contribution in [2.75, 3.05) is 0 Å². The molecule has 0 atom stereocenters. The molecule has 6 rings (SSSR count). The van der Waals surface area contributed by atoms with Crippen LogP contribution in [0.1, 0.15) is 5.56 Å². The fourth-order valence-electron chi connectivity index (χ4n) is 4.50. The fraction of sp³-hybridized carbons (Fsp3) is 0.0400. The Labute approximate surface area is 151 Å². The third kappa shape index (κ3) is 1.65. The first-order valence-electron chi connectivity index (χ1n) is 9.06. The van der Waals surface area contributed by atoms with Crippen LogP contribution < -0.4 is 0 Å². The lowest BCUT2D eigenvalue weighted by atomic mass is 9.96. The van der Waals surface area contributed by atoms with Crippen LogP contribution in [-0.4, -0.2) is 4.40 Å². The van der Waals surface area contributed by atoms with Crippen molar-refractivity contribution < 1.29 is 0 Å². The molecule has 0 spiro atoms. The van der Waals surface area contributed by atoms with Crippen molar-refractivity contribution in [1.29, 1.82) is 0 Å². The molecule has 0 saturated heterocycles. The predicted octanol–water partition coefficient (Wildman–Crippen LogP) is 6.81. The summed E-state index contributed by atoms with van der Waals surface area (Å²) in [6.07, 6.45) is 0. The highest BCUT2D eigenvalue weighted by Gasteiger charge is 2.18. The zero-order valence-electron chi connectivity index (χ0n) is 14.5. The molecule has 26 heavy (non-hydrogen) atoms. The number of para-hydroxylation sites is 2. The predicted molar refractivity (Wildman–Crippen MR) is 111 cm³/mol. The molecule has 6 aromatic rings. The second-order valence-electron chi connectivity index (χ2n) is 7.10. The van der Waals surface area contributed by atoms with Gasteiger partial charge in [0.05, 0.1) is 16.6 Å². The molecule has 0 bridgehead atoms. The molecule has 0 aliphatic rings. The molecule has 0 aliphatic carbocycles. The summed E-state index contributed by atoms with van der Waals surface area (Å²) in [5.41, 5.74) is 7.84. The van der Waals surface area contributed by atoms with E-state index in [1.807, 2.05) is 0 Å². The number of hydrogen-bond donors (Lipinski definition) is 0. The van der Waals surface area contributed by atoms with E-state index in [-0.39, 0.29) is 0 Å². The molecular formula is C25H17N. The van der Waals surface area contributed by atoms with E-state index < -0.39 is 0 Å². The van der Waals surface area contributed by atoms with Crippen molar-refractivity contribution in [3.05, 3.63) is 90.5 Å². The topological polar surface area (TPSA) is 4.41 Å². The lowest BCUT2D eigenvalue weighted by Gasteiger charge is -2.07. The van der Waals surface area contributed by atoms with Crippen LogP contribution in [0.5, 0.6) is 0 Å². The second-order valence-corrected chi connectivity index (χ2v) is 7.10. The molecule has 0 N–H and O–H groups in total. The minimum Gasteiger partial charge on any atom is -0.308 e. The molecule has 122 valence electrons. The summed E-state index contributed by atoms with van der Waals surface area (Å²) in [5.74, 6) is 0. The zero-order valence-corrected chi connectivity index (χ0v) is 14.5. The third-order valence-electron chi connectivity index (χ3n) is 5.66. The van der Waals surface area contributed by atoms with Gasteiger partial charge in [-0.2, -0.15) is 0 Å². The average molecular weight is 331 g/mol. The molecule has 1 heteroatoms. The molecule has 0 saturated carbocycles. The maximum Gasteiger partial charge on any atom is 0.0620 e. The highest BCUT2D eigenvalue weighted by atomic mass is 14.9. The molecule has 0 aliphatic heterocycles. The number of nitrogens with zero attached hydrogens (tertiary/aromatic N) is 1. The van der Waals surface area contributed by atoms with Gasteiger partial charge in [-0.05, 0) is 47.9 Å². The third-order valence-corrected chi connectivity index (χ3v) is 5.66. The van der Waals surface area contributed by atoms with Crippen LogP contribution in [0.4, 0.5) is 0 Å². The minimum atomic E-state index is 1.29. The first-order chi connectivity index (χ1) is 12.8. The van der Waals surface area contributed by atoms with Crippen LogP contribution in [0.3, 0.4) is 0 Å². The summed E-state index contributed by atoms with van der Waals surface area (Å²) < 4.78 is 2.43. The van der Waals surface area contributed by atoms with Crippen molar-refractivity contribution in [2.45, 2.75) is 6.92 Å². The van der Waals surface area contributed by atoms with E-state index >= 15 is 0 Å². The van der Waals surface area contributed by atoms with Gasteiger partial charge < -0.3 is 4.40 Å². The van der Waals surface area contributed by atoms with Gasteiger partial charge in [0.1, 0.15) is 0 Å². The number of rotatable bonds is 1. The summed E-state index contributed by atoms with van der Waals surface area (Å²) in [6.45, 7) is 2.19. The van der Waals surface area contributed by atoms with E-state index in [0.29, 0.717) is 0 Å².